The summed E-state index contributed by atoms with van der Waals surface area (Å²) in [5, 5.41) is 19.1. The third kappa shape index (κ3) is 10.6. The molecule has 1 aromatic rings. The molecule has 0 atom stereocenters. The van der Waals surface area contributed by atoms with Gasteiger partial charge < -0.3 is 16.0 Å². The maximum absolute atomic E-state index is 7.25. The second-order valence-corrected chi connectivity index (χ2v) is 3.63. The van der Waals surface area contributed by atoms with Gasteiger partial charge in [0, 0.05) is 38.3 Å². The maximum atomic E-state index is 7.25. The highest BCUT2D eigenvalue weighted by Gasteiger charge is 1.94. The smallest absolute Gasteiger partial charge is 0.188 e. The molecule has 0 unspecified atom stereocenters. The number of nitrogens with one attached hydrogen (secondary N) is 4. The predicted molar refractivity (Wildman–Crippen MR) is 80.4 cm³/mol. The Morgan fingerprint density at radius 2 is 2.06 bits per heavy atom. The fraction of sp³-hybridized carbons (Fsp3) is 0.500. The molecule has 0 fully saturated rings. The number of aromatic nitrogens is 1. The van der Waals surface area contributed by atoms with Crippen LogP contribution in [0, 0.1) is 5.41 Å². The summed E-state index contributed by atoms with van der Waals surface area (Å²) in [4.78, 5) is 4.15. The Morgan fingerprint density at radius 1 is 1.35 bits per heavy atom. The molecule has 17 heavy (non-hydrogen) atoms. The molecule has 4 N–H and O–H groups in total. The predicted octanol–water partition coefficient (Wildman–Crippen LogP) is 1.24. The number of hydrogen-bond acceptors (Lipinski definition) is 4. The first-order valence-corrected chi connectivity index (χ1v) is 5.30. The van der Waals surface area contributed by atoms with Gasteiger partial charge in [-0.2, -0.15) is 0 Å². The number of hydrogen-bond donors (Lipinski definition) is 4. The molecule has 1 heterocycles. The zero-order valence-electron chi connectivity index (χ0n) is 9.36. The van der Waals surface area contributed by atoms with E-state index in [0.29, 0.717) is 5.96 Å². The summed E-state index contributed by atoms with van der Waals surface area (Å²) in [6.45, 7) is 2.36. The lowest BCUT2D eigenvalue weighted by Crippen LogP contribution is -2.37. The van der Waals surface area contributed by atoms with Crippen molar-refractivity contribution in [2.45, 2.75) is 6.54 Å². The van der Waals surface area contributed by atoms with Crippen molar-refractivity contribution in [1.82, 2.24) is 20.9 Å². The van der Waals surface area contributed by atoms with E-state index >= 15 is 0 Å². The standard InChI is InChI=1S/C8H15N5S.3ClH/c1-10-8(9)13-3-2-11-6-7-12-4-5-14-7;;;/h4-5,11H,2-3,6H2,1H3,(H3,9,10,13);3*1H. The summed E-state index contributed by atoms with van der Waals surface area (Å²) >= 11 is 1.64. The minimum Gasteiger partial charge on any atom is -0.360 e. The van der Waals surface area contributed by atoms with Gasteiger partial charge in [0.1, 0.15) is 5.01 Å². The number of rotatable bonds is 5. The molecule has 1 rings (SSSR count). The molecule has 0 radical (unpaired) electrons. The van der Waals surface area contributed by atoms with Crippen molar-refractivity contribution in [1.29, 1.82) is 5.41 Å². The molecule has 0 aliphatic rings. The molecule has 0 bridgehead atoms. The fourth-order valence-electron chi connectivity index (χ4n) is 0.900. The van der Waals surface area contributed by atoms with Crippen molar-refractivity contribution in [2.24, 2.45) is 0 Å². The van der Waals surface area contributed by atoms with E-state index in [-0.39, 0.29) is 37.2 Å². The lowest BCUT2D eigenvalue weighted by atomic mass is 10.5. The van der Waals surface area contributed by atoms with Crippen LogP contribution in [-0.2, 0) is 6.54 Å². The van der Waals surface area contributed by atoms with Gasteiger partial charge in [-0.3, -0.25) is 5.41 Å². The normalized spacial score (nSPS) is 8.06. The Hall–Kier alpha value is -0.270. The van der Waals surface area contributed by atoms with Gasteiger partial charge in [0.25, 0.3) is 0 Å². The molecule has 9 heteroatoms. The van der Waals surface area contributed by atoms with E-state index in [1.165, 1.54) is 0 Å². The van der Waals surface area contributed by atoms with E-state index in [9.17, 15) is 0 Å². The van der Waals surface area contributed by atoms with Crippen LogP contribution in [0.1, 0.15) is 5.01 Å². The Morgan fingerprint density at radius 3 is 2.59 bits per heavy atom. The van der Waals surface area contributed by atoms with Crippen molar-refractivity contribution < 1.29 is 0 Å². The van der Waals surface area contributed by atoms with Crippen LogP contribution in [0.25, 0.3) is 0 Å². The molecule has 0 spiro atoms. The van der Waals surface area contributed by atoms with Gasteiger partial charge in [-0.25, -0.2) is 4.98 Å². The van der Waals surface area contributed by atoms with Gasteiger partial charge in [0.05, 0.1) is 0 Å². The molecular weight excluding hydrogens is 305 g/mol. The molecule has 0 aromatic carbocycles. The lowest BCUT2D eigenvalue weighted by molar-refractivity contribution is 0.664. The molecule has 0 saturated heterocycles. The molecule has 102 valence electrons. The minimum absolute atomic E-state index is 0. The summed E-state index contributed by atoms with van der Waals surface area (Å²) in [5.41, 5.74) is 0. The third-order valence-corrected chi connectivity index (χ3v) is 2.39. The van der Waals surface area contributed by atoms with E-state index in [1.807, 2.05) is 5.38 Å². The van der Waals surface area contributed by atoms with Crippen LogP contribution in [-0.4, -0.2) is 31.1 Å². The lowest BCUT2D eigenvalue weighted by Gasteiger charge is -2.06. The van der Waals surface area contributed by atoms with Crippen molar-refractivity contribution in [3.63, 3.8) is 0 Å². The first-order valence-electron chi connectivity index (χ1n) is 4.42. The van der Waals surface area contributed by atoms with Gasteiger partial charge in [0.2, 0.25) is 0 Å². The summed E-state index contributed by atoms with van der Waals surface area (Å²) in [5.74, 6) is 0.348. The second-order valence-electron chi connectivity index (χ2n) is 2.65. The van der Waals surface area contributed by atoms with Gasteiger partial charge in [0.15, 0.2) is 5.96 Å². The maximum Gasteiger partial charge on any atom is 0.188 e. The summed E-state index contributed by atoms with van der Waals surface area (Å²) in [6.07, 6.45) is 1.80. The van der Waals surface area contributed by atoms with E-state index in [0.717, 1.165) is 24.6 Å². The molecule has 0 aliphatic carbocycles. The summed E-state index contributed by atoms with van der Waals surface area (Å²) in [7, 11) is 1.72. The number of guanidine groups is 1. The molecule has 1 aromatic heterocycles. The highest BCUT2D eigenvalue weighted by atomic mass is 35.5. The molecule has 0 amide bonds. The van der Waals surface area contributed by atoms with Crippen molar-refractivity contribution in [2.75, 3.05) is 20.1 Å². The third-order valence-electron chi connectivity index (χ3n) is 1.61. The van der Waals surface area contributed by atoms with E-state index in [1.54, 1.807) is 24.6 Å². The SMILES string of the molecule is CNC(=N)NCCNCc1nccs1.Cl.Cl.Cl. The van der Waals surface area contributed by atoms with Crippen molar-refractivity contribution in [3.05, 3.63) is 16.6 Å². The molecule has 5 nitrogen and oxygen atoms in total. The van der Waals surface area contributed by atoms with Crippen LogP contribution in [0.15, 0.2) is 11.6 Å². The van der Waals surface area contributed by atoms with E-state index in [4.69, 9.17) is 5.41 Å². The first kappa shape index (κ1) is 22.0. The van der Waals surface area contributed by atoms with Crippen molar-refractivity contribution in [3.8, 4) is 0 Å². The minimum atomic E-state index is 0. The van der Waals surface area contributed by atoms with Crippen LogP contribution < -0.4 is 16.0 Å². The van der Waals surface area contributed by atoms with Gasteiger partial charge >= 0.3 is 0 Å². The van der Waals surface area contributed by atoms with E-state index < -0.39 is 0 Å². The topological polar surface area (TPSA) is 72.8 Å². The van der Waals surface area contributed by atoms with Crippen LogP contribution in [0.3, 0.4) is 0 Å². The molecule has 0 saturated carbocycles. The Kier molecular flexibility index (Phi) is 17.8. The number of halogens is 3. The fourth-order valence-corrected chi connectivity index (χ4v) is 1.49. The van der Waals surface area contributed by atoms with Crippen LogP contribution in [0.5, 0.6) is 0 Å². The zero-order valence-corrected chi connectivity index (χ0v) is 12.6. The summed E-state index contributed by atoms with van der Waals surface area (Å²) < 4.78 is 0. The quantitative estimate of drug-likeness (QED) is 0.374. The van der Waals surface area contributed by atoms with Crippen molar-refractivity contribution >= 4 is 54.5 Å². The van der Waals surface area contributed by atoms with Crippen LogP contribution in [0.4, 0.5) is 0 Å². The highest BCUT2D eigenvalue weighted by Crippen LogP contribution is 2.01. The first-order chi connectivity index (χ1) is 6.83. The Labute approximate surface area is 124 Å². The molecule has 0 aliphatic heterocycles. The van der Waals surface area contributed by atoms with Crippen LogP contribution in [0.2, 0.25) is 0 Å². The van der Waals surface area contributed by atoms with Gasteiger partial charge in [-0.05, 0) is 0 Å². The largest absolute Gasteiger partial charge is 0.360 e. The number of thiazole rings is 1. The summed E-state index contributed by atoms with van der Waals surface area (Å²) in [6, 6.07) is 0. The number of nitrogens with zero attached hydrogens (tertiary/aromatic N) is 1. The average molecular weight is 323 g/mol. The molecular formula is C8H18Cl3N5S. The average Bonchev–Trinajstić information content (AvgIpc) is 2.69. The van der Waals surface area contributed by atoms with Gasteiger partial charge in [-0.1, -0.05) is 0 Å². The van der Waals surface area contributed by atoms with E-state index in [2.05, 4.69) is 20.9 Å². The van der Waals surface area contributed by atoms with Crippen LogP contribution >= 0.6 is 48.6 Å². The van der Waals surface area contributed by atoms with Gasteiger partial charge in [-0.15, -0.1) is 48.6 Å². The Bertz CT molecular complexity index is 270. The highest BCUT2D eigenvalue weighted by molar-refractivity contribution is 7.09. The Balaban J connectivity index is -0.000000653. The monoisotopic (exact) mass is 321 g/mol. The second kappa shape index (κ2) is 13.8. The zero-order chi connectivity index (χ0) is 10.2.